The van der Waals surface area contributed by atoms with Crippen LogP contribution in [-0.2, 0) is 9.84 Å². The summed E-state index contributed by atoms with van der Waals surface area (Å²) in [6.07, 6.45) is 5.99. The van der Waals surface area contributed by atoms with Crippen molar-refractivity contribution in [3.05, 3.63) is 11.0 Å². The lowest BCUT2D eigenvalue weighted by Gasteiger charge is -2.31. The van der Waals surface area contributed by atoms with Gasteiger partial charge < -0.3 is 0 Å². The summed E-state index contributed by atoms with van der Waals surface area (Å²) >= 11 is 18.3. The van der Waals surface area contributed by atoms with Crippen LogP contribution in [0.2, 0.25) is 5.54 Å². The van der Waals surface area contributed by atoms with E-state index < -0.39 is 15.8 Å². The molecule has 0 radical (unpaired) electrons. The first-order chi connectivity index (χ1) is 7.66. The van der Waals surface area contributed by atoms with E-state index in [0.29, 0.717) is 23.7 Å². The Morgan fingerprint density at radius 2 is 2.06 bits per heavy atom. The molecule has 0 aromatic carbocycles. The predicted octanol–water partition coefficient (Wildman–Crippen LogP) is 4.15. The van der Waals surface area contributed by atoms with Gasteiger partial charge in [0.1, 0.15) is 0 Å². The van der Waals surface area contributed by atoms with Crippen molar-refractivity contribution >= 4 is 49.1 Å². The Kier molecular flexibility index (Phi) is 5.42. The smallest absolute Gasteiger partial charge is 0.224 e. The van der Waals surface area contributed by atoms with Crippen molar-refractivity contribution in [3.8, 4) is 0 Å². The SMILES string of the molecule is CCC(C1CC=C(S(C)(=O)=O)CC1)[Si](Cl)(Cl)Cl. The van der Waals surface area contributed by atoms with Gasteiger partial charge in [-0.3, -0.25) is 0 Å². The first-order valence-corrected chi connectivity index (χ1v) is 12.6. The maximum Gasteiger partial charge on any atom is 0.344 e. The highest BCUT2D eigenvalue weighted by Crippen LogP contribution is 2.46. The zero-order chi connectivity index (χ0) is 13.3. The highest BCUT2D eigenvalue weighted by atomic mass is 35.8. The minimum Gasteiger partial charge on any atom is -0.224 e. The molecule has 0 heterocycles. The normalized spacial score (nSPS) is 24.3. The monoisotopic (exact) mass is 334 g/mol. The molecule has 7 heteroatoms. The Hall–Kier alpha value is 0.777. The quantitative estimate of drug-likeness (QED) is 0.571. The average Bonchev–Trinajstić information content (AvgIpc) is 2.16. The van der Waals surface area contributed by atoms with Crippen LogP contribution in [0, 0.1) is 5.92 Å². The zero-order valence-corrected chi connectivity index (χ0v) is 14.0. The van der Waals surface area contributed by atoms with Gasteiger partial charge in [-0.15, -0.1) is 33.2 Å². The maximum atomic E-state index is 11.4. The van der Waals surface area contributed by atoms with Crippen LogP contribution in [0.25, 0.3) is 0 Å². The molecule has 0 N–H and O–H groups in total. The summed E-state index contributed by atoms with van der Waals surface area (Å²) in [5, 5.41) is 0. The van der Waals surface area contributed by atoms with E-state index in [1.165, 1.54) is 6.26 Å². The van der Waals surface area contributed by atoms with Crippen molar-refractivity contribution in [2.75, 3.05) is 6.26 Å². The highest BCUT2D eigenvalue weighted by molar-refractivity contribution is 7.94. The van der Waals surface area contributed by atoms with Crippen molar-refractivity contribution in [2.45, 2.75) is 38.1 Å². The molecule has 100 valence electrons. The van der Waals surface area contributed by atoms with E-state index in [0.717, 1.165) is 12.8 Å². The second-order valence-electron chi connectivity index (χ2n) is 4.53. The van der Waals surface area contributed by atoms with Gasteiger partial charge in [0.15, 0.2) is 9.84 Å². The summed E-state index contributed by atoms with van der Waals surface area (Å²) in [5.74, 6) is 0.310. The molecular formula is C10H17Cl3O2SSi. The van der Waals surface area contributed by atoms with Gasteiger partial charge in [-0.25, -0.2) is 8.42 Å². The molecule has 2 unspecified atom stereocenters. The van der Waals surface area contributed by atoms with Crippen LogP contribution in [-0.4, -0.2) is 20.7 Å². The fraction of sp³-hybridized carbons (Fsp3) is 0.800. The molecule has 0 spiro atoms. The van der Waals surface area contributed by atoms with Crippen molar-refractivity contribution in [3.63, 3.8) is 0 Å². The average molecular weight is 336 g/mol. The van der Waals surface area contributed by atoms with Crippen LogP contribution in [0.1, 0.15) is 32.6 Å². The van der Waals surface area contributed by atoms with Crippen LogP contribution in [0.15, 0.2) is 11.0 Å². The summed E-state index contributed by atoms with van der Waals surface area (Å²) in [6, 6.07) is -2.70. The number of hydrogen-bond acceptors (Lipinski definition) is 2. The standard InChI is InChI=1S/C10H17Cl3O2SSi/c1-3-10(17(11,12)13)8-4-6-9(7-5-8)16(2,14)15/h6,8,10H,3-5,7H2,1-2H3. The topological polar surface area (TPSA) is 34.1 Å². The molecule has 2 atom stereocenters. The summed E-state index contributed by atoms with van der Waals surface area (Å²) < 4.78 is 22.8. The van der Waals surface area contributed by atoms with E-state index in [4.69, 9.17) is 33.2 Å². The lowest BCUT2D eigenvalue weighted by atomic mass is 9.90. The van der Waals surface area contributed by atoms with Crippen molar-refractivity contribution < 1.29 is 8.42 Å². The second kappa shape index (κ2) is 5.82. The van der Waals surface area contributed by atoms with Gasteiger partial charge in [-0.05, 0) is 30.7 Å². The summed E-state index contributed by atoms with van der Waals surface area (Å²) in [4.78, 5) is 0.537. The molecule has 0 fully saturated rings. The van der Waals surface area contributed by atoms with Crippen LogP contribution in [0.4, 0.5) is 0 Å². The molecule has 1 rings (SSSR count). The lowest BCUT2D eigenvalue weighted by molar-refractivity contribution is 0.433. The van der Waals surface area contributed by atoms with E-state index in [1.807, 2.05) is 6.92 Å². The summed E-state index contributed by atoms with van der Waals surface area (Å²) in [7, 11) is -3.04. The third-order valence-corrected chi connectivity index (χ3v) is 8.88. The number of sulfone groups is 1. The molecule has 17 heavy (non-hydrogen) atoms. The number of hydrogen-bond donors (Lipinski definition) is 0. The fourth-order valence-corrected chi connectivity index (χ4v) is 7.54. The second-order valence-corrected chi connectivity index (χ2v) is 15.5. The van der Waals surface area contributed by atoms with Gasteiger partial charge >= 0.3 is 6.00 Å². The van der Waals surface area contributed by atoms with Crippen LogP contribution in [0.5, 0.6) is 0 Å². The largest absolute Gasteiger partial charge is 0.344 e. The molecule has 0 amide bonds. The minimum absolute atomic E-state index is 0.116. The maximum absolute atomic E-state index is 11.4. The van der Waals surface area contributed by atoms with E-state index >= 15 is 0 Å². The molecule has 0 aliphatic heterocycles. The molecule has 0 bridgehead atoms. The molecule has 1 aliphatic rings. The molecule has 2 nitrogen and oxygen atoms in total. The molecule has 1 aliphatic carbocycles. The number of halogens is 3. The van der Waals surface area contributed by atoms with E-state index in [2.05, 4.69) is 0 Å². The summed E-state index contributed by atoms with van der Waals surface area (Å²) in [5.41, 5.74) is 0.116. The van der Waals surface area contributed by atoms with Gasteiger partial charge in [0, 0.05) is 11.2 Å². The van der Waals surface area contributed by atoms with Gasteiger partial charge in [0.2, 0.25) is 0 Å². The van der Waals surface area contributed by atoms with Crippen LogP contribution in [0.3, 0.4) is 0 Å². The Morgan fingerprint density at radius 3 is 2.35 bits per heavy atom. The molecular weight excluding hydrogens is 319 g/mol. The molecule has 0 saturated carbocycles. The van der Waals surface area contributed by atoms with Crippen molar-refractivity contribution in [1.29, 1.82) is 0 Å². The highest BCUT2D eigenvalue weighted by Gasteiger charge is 2.41. The lowest BCUT2D eigenvalue weighted by Crippen LogP contribution is -2.28. The first kappa shape index (κ1) is 15.8. The van der Waals surface area contributed by atoms with Crippen molar-refractivity contribution in [2.24, 2.45) is 5.92 Å². The van der Waals surface area contributed by atoms with Crippen LogP contribution >= 0.6 is 33.2 Å². The Labute approximate surface area is 118 Å². The van der Waals surface area contributed by atoms with Gasteiger partial charge in [0.05, 0.1) is 0 Å². The number of rotatable bonds is 4. The minimum atomic E-state index is -3.04. The van der Waals surface area contributed by atoms with Gasteiger partial charge in [-0.1, -0.05) is 19.4 Å². The Bertz CT molecular complexity index is 400. The predicted molar refractivity (Wildman–Crippen MR) is 77.6 cm³/mol. The Balaban J connectivity index is 2.78. The number of allylic oxidation sites excluding steroid dienone is 2. The third kappa shape index (κ3) is 4.42. The van der Waals surface area contributed by atoms with Gasteiger partial charge in [-0.2, -0.15) is 0 Å². The van der Waals surface area contributed by atoms with E-state index in [-0.39, 0.29) is 5.54 Å². The summed E-state index contributed by atoms with van der Waals surface area (Å²) in [6.45, 7) is 2.02. The Morgan fingerprint density at radius 1 is 1.47 bits per heavy atom. The molecule has 0 aromatic rings. The molecule has 0 saturated heterocycles. The first-order valence-electron chi connectivity index (χ1n) is 5.62. The van der Waals surface area contributed by atoms with E-state index in [1.54, 1.807) is 6.08 Å². The van der Waals surface area contributed by atoms with Crippen LogP contribution < -0.4 is 0 Å². The fourth-order valence-electron chi connectivity index (χ4n) is 2.36. The van der Waals surface area contributed by atoms with Crippen molar-refractivity contribution in [1.82, 2.24) is 0 Å². The van der Waals surface area contributed by atoms with Gasteiger partial charge in [0.25, 0.3) is 0 Å². The third-order valence-electron chi connectivity index (χ3n) is 3.32. The molecule has 0 aromatic heterocycles. The zero-order valence-electron chi connectivity index (χ0n) is 9.92. The van der Waals surface area contributed by atoms with E-state index in [9.17, 15) is 8.42 Å².